The largest absolute Gasteiger partial charge is 0.504 e. The normalized spacial score (nSPS) is 19.4. The summed E-state index contributed by atoms with van der Waals surface area (Å²) in [4.78, 5) is 2.09. The van der Waals surface area contributed by atoms with Gasteiger partial charge >= 0.3 is 0 Å². The molecule has 3 rings (SSSR count). The first-order valence-electron chi connectivity index (χ1n) is 7.90. The highest BCUT2D eigenvalue weighted by molar-refractivity contribution is 5.43. The summed E-state index contributed by atoms with van der Waals surface area (Å²) in [6, 6.07) is 17.0. The van der Waals surface area contributed by atoms with Crippen LogP contribution in [-0.4, -0.2) is 36.8 Å². The van der Waals surface area contributed by atoms with Gasteiger partial charge in [-0.25, -0.2) is 0 Å². The molecule has 0 bridgehead atoms. The van der Waals surface area contributed by atoms with Gasteiger partial charge in [-0.15, -0.1) is 0 Å². The van der Waals surface area contributed by atoms with Crippen LogP contribution in [0.2, 0.25) is 0 Å². The Kier molecular flexibility index (Phi) is 4.99. The smallest absolute Gasteiger partial charge is 0.160 e. The van der Waals surface area contributed by atoms with Crippen molar-refractivity contribution in [3.63, 3.8) is 0 Å². The number of rotatable bonds is 4. The summed E-state index contributed by atoms with van der Waals surface area (Å²) in [5.74, 6) is 0.447. The number of aromatic hydroxyl groups is 1. The molecule has 5 nitrogen and oxygen atoms in total. The Bertz CT molecular complexity index is 727. The van der Waals surface area contributed by atoms with E-state index in [0.29, 0.717) is 25.4 Å². The van der Waals surface area contributed by atoms with E-state index in [0.717, 1.165) is 11.1 Å². The first kappa shape index (κ1) is 16.3. The zero-order valence-corrected chi connectivity index (χ0v) is 13.6. The first-order valence-corrected chi connectivity index (χ1v) is 7.90. The summed E-state index contributed by atoms with van der Waals surface area (Å²) in [6.07, 6.45) is -0.0531. The molecule has 1 aliphatic heterocycles. The first-order chi connectivity index (χ1) is 11.7. The van der Waals surface area contributed by atoms with Crippen molar-refractivity contribution in [3.8, 4) is 17.6 Å². The molecule has 24 heavy (non-hydrogen) atoms. The van der Waals surface area contributed by atoms with Gasteiger partial charge in [0.05, 0.1) is 25.9 Å². The van der Waals surface area contributed by atoms with Gasteiger partial charge in [-0.05, 0) is 23.3 Å². The molecule has 0 aromatic heterocycles. The number of nitriles is 1. The van der Waals surface area contributed by atoms with Gasteiger partial charge in [0.15, 0.2) is 11.5 Å². The summed E-state index contributed by atoms with van der Waals surface area (Å²) >= 11 is 0. The molecule has 0 spiro atoms. The molecule has 0 aliphatic carbocycles. The second kappa shape index (κ2) is 7.35. The second-order valence-corrected chi connectivity index (χ2v) is 5.73. The lowest BCUT2D eigenvalue weighted by molar-refractivity contribution is -0.0383. The van der Waals surface area contributed by atoms with E-state index in [4.69, 9.17) is 9.47 Å². The van der Waals surface area contributed by atoms with Gasteiger partial charge in [-0.2, -0.15) is 5.26 Å². The maximum Gasteiger partial charge on any atom is 0.160 e. The van der Waals surface area contributed by atoms with Crippen molar-refractivity contribution in [2.75, 3.05) is 26.8 Å². The lowest BCUT2D eigenvalue weighted by Gasteiger charge is -2.36. The van der Waals surface area contributed by atoms with Crippen LogP contribution >= 0.6 is 0 Å². The Morgan fingerprint density at radius 1 is 1.29 bits per heavy atom. The van der Waals surface area contributed by atoms with E-state index in [-0.39, 0.29) is 11.9 Å². The molecule has 1 aliphatic rings. The van der Waals surface area contributed by atoms with E-state index in [2.05, 4.69) is 11.0 Å². The van der Waals surface area contributed by atoms with E-state index < -0.39 is 6.04 Å². The zero-order chi connectivity index (χ0) is 16.9. The Morgan fingerprint density at radius 2 is 2.08 bits per heavy atom. The Morgan fingerprint density at radius 3 is 2.75 bits per heavy atom. The lowest BCUT2D eigenvalue weighted by Crippen LogP contribution is -2.40. The Hall–Kier alpha value is -2.55. The summed E-state index contributed by atoms with van der Waals surface area (Å²) in [6.45, 7) is 1.88. The predicted molar refractivity (Wildman–Crippen MR) is 89.7 cm³/mol. The number of phenolic OH excluding ortho intramolecular Hbond substituents is 1. The predicted octanol–water partition coefficient (Wildman–Crippen LogP) is 3.04. The Labute approximate surface area is 141 Å². The fourth-order valence-electron chi connectivity index (χ4n) is 3.02. The summed E-state index contributed by atoms with van der Waals surface area (Å²) in [7, 11) is 1.50. The molecule has 1 heterocycles. The number of ether oxygens (including phenoxy) is 2. The van der Waals surface area contributed by atoms with Crippen molar-refractivity contribution in [1.82, 2.24) is 4.90 Å². The molecule has 1 saturated heterocycles. The molecule has 0 amide bonds. The van der Waals surface area contributed by atoms with E-state index in [1.54, 1.807) is 12.1 Å². The quantitative estimate of drug-likeness (QED) is 0.936. The highest BCUT2D eigenvalue weighted by Crippen LogP contribution is 2.33. The molecule has 5 heteroatoms. The van der Waals surface area contributed by atoms with Crippen LogP contribution in [0, 0.1) is 11.3 Å². The number of methoxy groups -OCH3 is 1. The maximum atomic E-state index is 9.99. The summed E-state index contributed by atoms with van der Waals surface area (Å²) in [5.41, 5.74) is 1.86. The van der Waals surface area contributed by atoms with Crippen molar-refractivity contribution in [3.05, 3.63) is 59.7 Å². The zero-order valence-electron chi connectivity index (χ0n) is 13.6. The highest BCUT2D eigenvalue weighted by Gasteiger charge is 2.28. The third-order valence-corrected chi connectivity index (χ3v) is 4.28. The monoisotopic (exact) mass is 324 g/mol. The fourth-order valence-corrected chi connectivity index (χ4v) is 3.02. The van der Waals surface area contributed by atoms with E-state index in [1.165, 1.54) is 7.11 Å². The fraction of sp³-hybridized carbons (Fsp3) is 0.316. The highest BCUT2D eigenvalue weighted by atomic mass is 16.5. The molecule has 1 fully saturated rings. The molecular weight excluding hydrogens is 304 g/mol. The number of phenols is 1. The maximum absolute atomic E-state index is 9.99. The van der Waals surface area contributed by atoms with Crippen molar-refractivity contribution in [2.24, 2.45) is 0 Å². The average Bonchev–Trinajstić information content (AvgIpc) is 2.63. The van der Waals surface area contributed by atoms with Gasteiger partial charge in [0, 0.05) is 13.1 Å². The number of hydrogen-bond donors (Lipinski definition) is 1. The second-order valence-electron chi connectivity index (χ2n) is 5.73. The van der Waals surface area contributed by atoms with Crippen LogP contribution in [0.25, 0.3) is 0 Å². The molecular formula is C19H20N2O3. The number of benzene rings is 2. The van der Waals surface area contributed by atoms with Gasteiger partial charge in [0.25, 0.3) is 0 Å². The molecule has 0 unspecified atom stereocenters. The third kappa shape index (κ3) is 3.35. The van der Waals surface area contributed by atoms with E-state index in [1.807, 2.05) is 36.4 Å². The van der Waals surface area contributed by atoms with Crippen LogP contribution in [-0.2, 0) is 4.74 Å². The van der Waals surface area contributed by atoms with Gasteiger partial charge in [-0.3, -0.25) is 4.90 Å². The third-order valence-electron chi connectivity index (χ3n) is 4.28. The molecule has 0 saturated carbocycles. The Balaban J connectivity index is 1.80. The van der Waals surface area contributed by atoms with Crippen LogP contribution in [0.4, 0.5) is 0 Å². The molecule has 2 atom stereocenters. The SMILES string of the molecule is COc1ccc([C@H](C#N)N2CCO[C@H](c3ccccc3)C2)cc1O. The van der Waals surface area contributed by atoms with Gasteiger partial charge in [0.1, 0.15) is 6.04 Å². The van der Waals surface area contributed by atoms with Crippen LogP contribution < -0.4 is 4.74 Å². The van der Waals surface area contributed by atoms with Crippen molar-refractivity contribution in [1.29, 1.82) is 5.26 Å². The van der Waals surface area contributed by atoms with Crippen LogP contribution in [0.1, 0.15) is 23.3 Å². The minimum absolute atomic E-state index is 0.0446. The van der Waals surface area contributed by atoms with Crippen LogP contribution in [0.5, 0.6) is 11.5 Å². The minimum atomic E-state index is -0.433. The molecule has 1 N–H and O–H groups in total. The number of nitrogens with zero attached hydrogens (tertiary/aromatic N) is 2. The number of morpholine rings is 1. The van der Waals surface area contributed by atoms with Gasteiger partial charge in [-0.1, -0.05) is 36.4 Å². The molecule has 0 radical (unpaired) electrons. The van der Waals surface area contributed by atoms with Gasteiger partial charge in [0.2, 0.25) is 0 Å². The average molecular weight is 324 g/mol. The molecule has 124 valence electrons. The van der Waals surface area contributed by atoms with E-state index in [9.17, 15) is 10.4 Å². The lowest BCUT2D eigenvalue weighted by atomic mass is 10.0. The molecule has 2 aromatic carbocycles. The van der Waals surface area contributed by atoms with Crippen molar-refractivity contribution >= 4 is 0 Å². The van der Waals surface area contributed by atoms with Crippen LogP contribution in [0.3, 0.4) is 0 Å². The standard InChI is InChI=1S/C19H20N2O3/c1-23-18-8-7-15(11-17(18)22)16(12-20)21-9-10-24-19(13-21)14-5-3-2-4-6-14/h2-8,11,16,19,22H,9-10,13H2,1H3/t16-,19-/m0/s1. The topological polar surface area (TPSA) is 65.7 Å². The minimum Gasteiger partial charge on any atom is -0.504 e. The summed E-state index contributed by atoms with van der Waals surface area (Å²) < 4.78 is 10.9. The van der Waals surface area contributed by atoms with Gasteiger partial charge < -0.3 is 14.6 Å². The summed E-state index contributed by atoms with van der Waals surface area (Å²) in [5, 5.41) is 19.6. The van der Waals surface area contributed by atoms with Crippen LogP contribution in [0.15, 0.2) is 48.5 Å². The van der Waals surface area contributed by atoms with E-state index >= 15 is 0 Å². The molecule has 2 aromatic rings. The van der Waals surface area contributed by atoms with Crippen molar-refractivity contribution in [2.45, 2.75) is 12.1 Å². The number of hydrogen-bond acceptors (Lipinski definition) is 5. The van der Waals surface area contributed by atoms with Crippen molar-refractivity contribution < 1.29 is 14.6 Å².